The summed E-state index contributed by atoms with van der Waals surface area (Å²) in [4.78, 5) is 24.4. The van der Waals surface area contributed by atoms with Crippen LogP contribution in [0.3, 0.4) is 0 Å². The van der Waals surface area contributed by atoms with Gasteiger partial charge in [-0.2, -0.15) is 0 Å². The van der Waals surface area contributed by atoms with Gasteiger partial charge in [0.25, 0.3) is 0 Å². The maximum absolute atomic E-state index is 12.7. The number of esters is 1. The molecule has 0 unspecified atom stereocenters. The molecular formula is C20H26O5. The molecule has 25 heavy (non-hydrogen) atoms. The largest absolute Gasteiger partial charge is 0.466 e. The minimum absolute atomic E-state index is 0.0919. The lowest BCUT2D eigenvalue weighted by atomic mass is 9.93. The van der Waals surface area contributed by atoms with Gasteiger partial charge in [0.2, 0.25) is 0 Å². The van der Waals surface area contributed by atoms with E-state index < -0.39 is 17.9 Å². The maximum atomic E-state index is 12.7. The molecule has 1 aromatic rings. The molecule has 0 radical (unpaired) electrons. The number of carbonyl (C=O) groups excluding carboxylic acids is 2. The second kappa shape index (κ2) is 7.93. The molecule has 0 N–H and O–H groups in total. The third-order valence-electron chi connectivity index (χ3n) is 4.37. The fourth-order valence-electron chi connectivity index (χ4n) is 3.29. The van der Waals surface area contributed by atoms with Crippen LogP contribution in [0.2, 0.25) is 0 Å². The van der Waals surface area contributed by atoms with Gasteiger partial charge in [-0.05, 0) is 38.8 Å². The topological polar surface area (TPSA) is 61.8 Å². The number of benzene rings is 1. The predicted octanol–water partition coefficient (Wildman–Crippen LogP) is 3.49. The molecule has 1 saturated heterocycles. The summed E-state index contributed by atoms with van der Waals surface area (Å²) >= 11 is 0. The zero-order valence-corrected chi connectivity index (χ0v) is 15.4. The number of rotatable bonds is 7. The molecule has 5 nitrogen and oxygen atoms in total. The molecule has 1 heterocycles. The van der Waals surface area contributed by atoms with Crippen LogP contribution in [-0.4, -0.2) is 30.6 Å². The van der Waals surface area contributed by atoms with Crippen LogP contribution < -0.4 is 0 Å². The summed E-state index contributed by atoms with van der Waals surface area (Å²) < 4.78 is 16.8. The Labute approximate surface area is 149 Å². The van der Waals surface area contributed by atoms with Crippen molar-refractivity contribution in [2.24, 2.45) is 0 Å². The molecule has 2 rings (SSSR count). The first-order valence-corrected chi connectivity index (χ1v) is 8.50. The molecule has 2 atom stereocenters. The molecule has 1 fully saturated rings. The van der Waals surface area contributed by atoms with Gasteiger partial charge in [0.1, 0.15) is 6.42 Å². The Morgan fingerprint density at radius 2 is 1.96 bits per heavy atom. The van der Waals surface area contributed by atoms with Crippen LogP contribution in [-0.2, 0) is 23.8 Å². The van der Waals surface area contributed by atoms with E-state index in [9.17, 15) is 9.59 Å². The SMILES string of the molecule is C=CC[C@]1(C(=O)CC(=O)OCC)CO[C@@H](c2c(C)cc(C)cc2C)O1. The third kappa shape index (κ3) is 4.17. The highest BCUT2D eigenvalue weighted by molar-refractivity contribution is 6.00. The number of hydrogen-bond donors (Lipinski definition) is 0. The van der Waals surface area contributed by atoms with Crippen molar-refractivity contribution in [3.05, 3.63) is 47.0 Å². The number of aryl methyl sites for hydroxylation is 3. The maximum Gasteiger partial charge on any atom is 0.313 e. The van der Waals surface area contributed by atoms with E-state index in [2.05, 4.69) is 18.7 Å². The van der Waals surface area contributed by atoms with Crippen molar-refractivity contribution in [1.82, 2.24) is 0 Å². The monoisotopic (exact) mass is 346 g/mol. The van der Waals surface area contributed by atoms with Crippen molar-refractivity contribution in [2.75, 3.05) is 13.2 Å². The molecule has 5 heteroatoms. The normalized spacial score (nSPS) is 22.6. The first-order chi connectivity index (χ1) is 11.8. The first kappa shape index (κ1) is 19.3. The van der Waals surface area contributed by atoms with Gasteiger partial charge in [-0.25, -0.2) is 0 Å². The smallest absolute Gasteiger partial charge is 0.313 e. The Hall–Kier alpha value is -1.98. The minimum Gasteiger partial charge on any atom is -0.466 e. The average molecular weight is 346 g/mol. The van der Waals surface area contributed by atoms with Crippen LogP contribution in [0.15, 0.2) is 24.8 Å². The number of carbonyl (C=O) groups is 2. The van der Waals surface area contributed by atoms with Crippen molar-refractivity contribution < 1.29 is 23.8 Å². The lowest BCUT2D eigenvalue weighted by molar-refractivity contribution is -0.155. The highest BCUT2D eigenvalue weighted by Gasteiger charge is 2.48. The standard InChI is InChI=1S/C20H26O5/c1-6-8-20(16(21)11-17(22)23-7-2)12-24-19(25-20)18-14(4)9-13(3)10-15(18)5/h6,9-10,19H,1,7-8,11-12H2,2-5H3/t19-,20-/m1/s1. The van der Waals surface area contributed by atoms with E-state index in [-0.39, 0.29) is 31.8 Å². The van der Waals surface area contributed by atoms with E-state index in [0.717, 1.165) is 22.3 Å². The van der Waals surface area contributed by atoms with Gasteiger partial charge in [0, 0.05) is 12.0 Å². The lowest BCUT2D eigenvalue weighted by Crippen LogP contribution is -2.42. The average Bonchev–Trinajstić information content (AvgIpc) is 2.92. The van der Waals surface area contributed by atoms with Crippen LogP contribution in [0.25, 0.3) is 0 Å². The first-order valence-electron chi connectivity index (χ1n) is 8.50. The quantitative estimate of drug-likeness (QED) is 0.430. The Balaban J connectivity index is 2.25. The zero-order chi connectivity index (χ0) is 18.6. The second-order valence-corrected chi connectivity index (χ2v) is 6.47. The summed E-state index contributed by atoms with van der Waals surface area (Å²) in [5, 5.41) is 0. The summed E-state index contributed by atoms with van der Waals surface area (Å²) in [6, 6.07) is 4.12. The van der Waals surface area contributed by atoms with Gasteiger partial charge >= 0.3 is 5.97 Å². The number of Topliss-reactive ketones (excluding diaryl/α,β-unsaturated/α-hetero) is 1. The van der Waals surface area contributed by atoms with Crippen molar-refractivity contribution in [1.29, 1.82) is 0 Å². The Bertz CT molecular complexity index is 656. The van der Waals surface area contributed by atoms with Crippen LogP contribution in [0.4, 0.5) is 0 Å². The van der Waals surface area contributed by atoms with Gasteiger partial charge < -0.3 is 14.2 Å². The molecule has 136 valence electrons. The van der Waals surface area contributed by atoms with Gasteiger partial charge in [0.15, 0.2) is 17.7 Å². The Kier molecular flexibility index (Phi) is 6.14. The minimum atomic E-state index is -1.19. The molecule has 0 aliphatic carbocycles. The van der Waals surface area contributed by atoms with E-state index in [4.69, 9.17) is 14.2 Å². The van der Waals surface area contributed by atoms with Crippen LogP contribution >= 0.6 is 0 Å². The molecule has 1 aliphatic rings. The van der Waals surface area contributed by atoms with Crippen LogP contribution in [0.1, 0.15) is 48.3 Å². The van der Waals surface area contributed by atoms with Gasteiger partial charge in [-0.15, -0.1) is 6.58 Å². The number of ketones is 1. The van der Waals surface area contributed by atoms with E-state index >= 15 is 0 Å². The lowest BCUT2D eigenvalue weighted by Gasteiger charge is -2.25. The van der Waals surface area contributed by atoms with Crippen molar-refractivity contribution in [3.8, 4) is 0 Å². The number of ether oxygens (including phenoxy) is 3. The molecule has 1 aliphatic heterocycles. The molecule has 0 spiro atoms. The van der Waals surface area contributed by atoms with E-state index in [1.54, 1.807) is 13.0 Å². The Morgan fingerprint density at radius 3 is 2.52 bits per heavy atom. The fraction of sp³-hybridized carbons (Fsp3) is 0.500. The van der Waals surface area contributed by atoms with Gasteiger partial charge in [-0.1, -0.05) is 23.8 Å². The van der Waals surface area contributed by atoms with Crippen molar-refractivity contribution >= 4 is 11.8 Å². The van der Waals surface area contributed by atoms with E-state index in [1.165, 1.54) is 0 Å². The molecule has 0 amide bonds. The highest BCUT2D eigenvalue weighted by Crippen LogP contribution is 2.39. The molecule has 0 aromatic heterocycles. The summed E-state index contributed by atoms with van der Waals surface area (Å²) in [7, 11) is 0. The summed E-state index contributed by atoms with van der Waals surface area (Å²) in [5.41, 5.74) is 3.00. The van der Waals surface area contributed by atoms with Gasteiger partial charge in [-0.3, -0.25) is 9.59 Å². The molecular weight excluding hydrogens is 320 g/mol. The second-order valence-electron chi connectivity index (χ2n) is 6.47. The summed E-state index contributed by atoms with van der Waals surface area (Å²) in [6.07, 6.45) is 0.936. The predicted molar refractivity (Wildman–Crippen MR) is 94.2 cm³/mol. The fourth-order valence-corrected chi connectivity index (χ4v) is 3.29. The summed E-state index contributed by atoms with van der Waals surface area (Å²) in [6.45, 7) is 11.8. The van der Waals surface area contributed by atoms with Crippen LogP contribution in [0, 0.1) is 20.8 Å². The Morgan fingerprint density at radius 1 is 1.32 bits per heavy atom. The van der Waals surface area contributed by atoms with Crippen molar-refractivity contribution in [2.45, 2.75) is 52.4 Å². The summed E-state index contributed by atoms with van der Waals surface area (Å²) in [5.74, 6) is -0.888. The van der Waals surface area contributed by atoms with Gasteiger partial charge in [0.05, 0.1) is 13.2 Å². The number of hydrogen-bond acceptors (Lipinski definition) is 5. The molecule has 1 aromatic carbocycles. The van der Waals surface area contributed by atoms with E-state index in [0.29, 0.717) is 0 Å². The van der Waals surface area contributed by atoms with E-state index in [1.807, 2.05) is 20.8 Å². The third-order valence-corrected chi connectivity index (χ3v) is 4.37. The molecule has 0 bridgehead atoms. The zero-order valence-electron chi connectivity index (χ0n) is 15.4. The van der Waals surface area contributed by atoms with Crippen LogP contribution in [0.5, 0.6) is 0 Å². The highest BCUT2D eigenvalue weighted by atomic mass is 16.7. The molecule has 0 saturated carbocycles. The van der Waals surface area contributed by atoms with Crippen molar-refractivity contribution in [3.63, 3.8) is 0 Å².